The molecule has 0 fully saturated rings. The Balaban J connectivity index is 1.58. The highest BCUT2D eigenvalue weighted by atomic mass is 35.5. The minimum atomic E-state index is -0.343. The molecule has 0 unspecified atom stereocenters. The molecule has 0 radical (unpaired) electrons. The van der Waals surface area contributed by atoms with E-state index in [9.17, 15) is 9.59 Å². The molecule has 0 aliphatic heterocycles. The first-order chi connectivity index (χ1) is 13.4. The van der Waals surface area contributed by atoms with Crippen LogP contribution in [0.3, 0.4) is 0 Å². The maximum Gasteiger partial charge on any atom is 0.257 e. The first-order valence-electron chi connectivity index (χ1n) is 8.51. The van der Waals surface area contributed by atoms with Crippen LogP contribution in [-0.2, 0) is 0 Å². The van der Waals surface area contributed by atoms with E-state index in [0.29, 0.717) is 27.6 Å². The van der Waals surface area contributed by atoms with Crippen molar-refractivity contribution in [2.45, 2.75) is 6.92 Å². The summed E-state index contributed by atoms with van der Waals surface area (Å²) in [5.74, 6) is 0.0858. The van der Waals surface area contributed by atoms with Gasteiger partial charge in [-0.25, -0.2) is 0 Å². The first-order valence-corrected chi connectivity index (χ1v) is 9.27. The zero-order valence-corrected chi connectivity index (χ0v) is 16.6. The molecule has 3 aromatic rings. The lowest BCUT2D eigenvalue weighted by molar-refractivity contribution is 0.0921. The monoisotopic (exact) mass is 413 g/mol. The quantitative estimate of drug-likeness (QED) is 0.518. The van der Waals surface area contributed by atoms with Gasteiger partial charge in [0.1, 0.15) is 5.75 Å². The number of amides is 1. The minimum absolute atomic E-state index is 0.0604. The van der Waals surface area contributed by atoms with Gasteiger partial charge in [0.15, 0.2) is 12.4 Å². The summed E-state index contributed by atoms with van der Waals surface area (Å²) in [5.41, 5.74) is 2.60. The Hall–Kier alpha value is -2.82. The van der Waals surface area contributed by atoms with Gasteiger partial charge >= 0.3 is 0 Å². The van der Waals surface area contributed by atoms with Crippen molar-refractivity contribution in [1.82, 2.24) is 0 Å². The van der Waals surface area contributed by atoms with Crippen LogP contribution in [0, 0.1) is 6.92 Å². The minimum Gasteiger partial charge on any atom is -0.485 e. The number of ether oxygens (including phenoxy) is 1. The molecule has 0 saturated carbocycles. The summed E-state index contributed by atoms with van der Waals surface area (Å²) >= 11 is 11.9. The molecule has 3 rings (SSSR count). The number of halogens is 2. The fourth-order valence-electron chi connectivity index (χ4n) is 2.48. The highest BCUT2D eigenvalue weighted by molar-refractivity contribution is 6.37. The van der Waals surface area contributed by atoms with Crippen LogP contribution in [0.5, 0.6) is 5.75 Å². The van der Waals surface area contributed by atoms with E-state index in [4.69, 9.17) is 27.9 Å². The van der Waals surface area contributed by atoms with Gasteiger partial charge in [-0.15, -0.1) is 0 Å². The number of Topliss-reactive ketones (excluding diaryl/α,β-unsaturated/α-hetero) is 1. The Morgan fingerprint density at radius 3 is 2.25 bits per heavy atom. The van der Waals surface area contributed by atoms with Crippen LogP contribution in [0.2, 0.25) is 10.0 Å². The van der Waals surface area contributed by atoms with Crippen molar-refractivity contribution < 1.29 is 14.3 Å². The van der Waals surface area contributed by atoms with Crippen molar-refractivity contribution in [2.75, 3.05) is 11.9 Å². The van der Waals surface area contributed by atoms with Crippen LogP contribution in [0.15, 0.2) is 66.7 Å². The second-order valence-corrected chi connectivity index (χ2v) is 7.02. The Labute approximate surface area is 173 Å². The predicted molar refractivity (Wildman–Crippen MR) is 112 cm³/mol. The molecule has 142 valence electrons. The molecule has 4 nitrogen and oxygen atoms in total. The summed E-state index contributed by atoms with van der Waals surface area (Å²) in [6.07, 6.45) is 0. The number of benzene rings is 3. The van der Waals surface area contributed by atoms with Crippen LogP contribution in [0.25, 0.3) is 0 Å². The summed E-state index contributed by atoms with van der Waals surface area (Å²) in [5, 5.41) is 3.49. The highest BCUT2D eigenvalue weighted by Gasteiger charge is 2.11. The number of carbonyl (C=O) groups is 2. The number of hydrogen-bond acceptors (Lipinski definition) is 3. The van der Waals surface area contributed by atoms with E-state index >= 15 is 0 Å². The normalized spacial score (nSPS) is 10.4. The van der Waals surface area contributed by atoms with Gasteiger partial charge < -0.3 is 10.1 Å². The van der Waals surface area contributed by atoms with Crippen molar-refractivity contribution in [2.24, 2.45) is 0 Å². The largest absolute Gasteiger partial charge is 0.485 e. The topological polar surface area (TPSA) is 55.4 Å². The smallest absolute Gasteiger partial charge is 0.257 e. The molecule has 0 aliphatic rings. The van der Waals surface area contributed by atoms with E-state index in [-0.39, 0.29) is 23.3 Å². The molecular weight excluding hydrogens is 397 g/mol. The average Bonchev–Trinajstić information content (AvgIpc) is 2.67. The molecule has 0 bridgehead atoms. The van der Waals surface area contributed by atoms with Crippen LogP contribution < -0.4 is 10.1 Å². The number of aryl methyl sites for hydroxylation is 1. The van der Waals surface area contributed by atoms with Gasteiger partial charge in [-0.05, 0) is 49.4 Å². The van der Waals surface area contributed by atoms with Crippen molar-refractivity contribution in [3.05, 3.63) is 93.5 Å². The number of anilines is 1. The molecule has 0 heterocycles. The number of rotatable bonds is 6. The maximum atomic E-state index is 12.3. The number of nitrogens with one attached hydrogen (secondary N) is 1. The summed E-state index contributed by atoms with van der Waals surface area (Å²) in [6.45, 7) is 1.90. The second-order valence-electron chi connectivity index (χ2n) is 6.18. The van der Waals surface area contributed by atoms with Crippen LogP contribution in [-0.4, -0.2) is 18.3 Å². The summed E-state index contributed by atoms with van der Waals surface area (Å²) in [6, 6.07) is 18.8. The van der Waals surface area contributed by atoms with Crippen molar-refractivity contribution in [3.8, 4) is 5.75 Å². The summed E-state index contributed by atoms with van der Waals surface area (Å²) in [7, 11) is 0. The zero-order chi connectivity index (χ0) is 20.1. The van der Waals surface area contributed by atoms with Gasteiger partial charge in [0, 0.05) is 16.3 Å². The molecule has 0 atom stereocenters. The average molecular weight is 414 g/mol. The van der Waals surface area contributed by atoms with Crippen LogP contribution in [0.4, 0.5) is 5.69 Å². The fourth-order valence-corrected chi connectivity index (χ4v) is 2.97. The molecule has 28 heavy (non-hydrogen) atoms. The van der Waals surface area contributed by atoms with E-state index in [1.165, 1.54) is 6.07 Å². The van der Waals surface area contributed by atoms with Gasteiger partial charge in [-0.2, -0.15) is 0 Å². The standard InChI is InChI=1S/C22H17Cl2NO3/c1-14-2-4-15(5-3-14)21(26)13-28-18-9-7-17(8-10-18)25-22(27)19-11-6-16(23)12-20(19)24/h2-12H,13H2,1H3,(H,25,27). The number of hydrogen-bond donors (Lipinski definition) is 1. The molecule has 0 spiro atoms. The van der Waals surface area contributed by atoms with Gasteiger partial charge in [0.05, 0.1) is 10.6 Å². The van der Waals surface area contributed by atoms with Crippen molar-refractivity contribution in [1.29, 1.82) is 0 Å². The summed E-state index contributed by atoms with van der Waals surface area (Å²) in [4.78, 5) is 24.5. The van der Waals surface area contributed by atoms with E-state index in [1.807, 2.05) is 19.1 Å². The molecular formula is C22H17Cl2NO3. The Kier molecular flexibility index (Phi) is 6.34. The van der Waals surface area contributed by atoms with Crippen molar-refractivity contribution >= 4 is 40.6 Å². The third-order valence-corrected chi connectivity index (χ3v) is 4.58. The lowest BCUT2D eigenvalue weighted by atomic mass is 10.1. The lowest BCUT2D eigenvalue weighted by Gasteiger charge is -2.09. The molecule has 0 aliphatic carbocycles. The SMILES string of the molecule is Cc1ccc(C(=O)COc2ccc(NC(=O)c3ccc(Cl)cc3Cl)cc2)cc1. The first kappa shape index (κ1) is 19.9. The summed E-state index contributed by atoms with van der Waals surface area (Å²) < 4.78 is 5.53. The van der Waals surface area contributed by atoms with E-state index < -0.39 is 0 Å². The molecule has 0 aromatic heterocycles. The molecule has 0 saturated heterocycles. The van der Waals surface area contributed by atoms with E-state index in [0.717, 1.165) is 5.56 Å². The Bertz CT molecular complexity index is 999. The maximum absolute atomic E-state index is 12.3. The van der Waals surface area contributed by atoms with Crippen molar-refractivity contribution in [3.63, 3.8) is 0 Å². The Morgan fingerprint density at radius 2 is 1.61 bits per heavy atom. The van der Waals surface area contributed by atoms with E-state index in [2.05, 4.69) is 5.32 Å². The van der Waals surface area contributed by atoms with Crippen LogP contribution in [0.1, 0.15) is 26.3 Å². The fraction of sp³-hybridized carbons (Fsp3) is 0.0909. The van der Waals surface area contributed by atoms with Gasteiger partial charge in [-0.1, -0.05) is 53.0 Å². The molecule has 1 amide bonds. The van der Waals surface area contributed by atoms with Gasteiger partial charge in [0.2, 0.25) is 0 Å². The van der Waals surface area contributed by atoms with Gasteiger partial charge in [0.25, 0.3) is 5.91 Å². The molecule has 1 N–H and O–H groups in total. The third kappa shape index (κ3) is 5.12. The number of ketones is 1. The number of carbonyl (C=O) groups excluding carboxylic acids is 2. The predicted octanol–water partition coefficient (Wildman–Crippen LogP) is 5.82. The molecule has 6 heteroatoms. The Morgan fingerprint density at radius 1 is 0.929 bits per heavy atom. The highest BCUT2D eigenvalue weighted by Crippen LogP contribution is 2.23. The second kappa shape index (κ2) is 8.91. The van der Waals surface area contributed by atoms with Gasteiger partial charge in [-0.3, -0.25) is 9.59 Å². The zero-order valence-electron chi connectivity index (χ0n) is 15.0. The van der Waals surface area contributed by atoms with E-state index in [1.54, 1.807) is 48.5 Å². The molecule has 3 aromatic carbocycles. The third-order valence-electron chi connectivity index (χ3n) is 4.03. The van der Waals surface area contributed by atoms with Crippen LogP contribution >= 0.6 is 23.2 Å². The lowest BCUT2D eigenvalue weighted by Crippen LogP contribution is -2.13.